The molecule has 1 aromatic rings. The second-order valence-electron chi connectivity index (χ2n) is 8.17. The van der Waals surface area contributed by atoms with Gasteiger partial charge >= 0.3 is 6.09 Å². The first-order valence-electron chi connectivity index (χ1n) is 9.77. The topological polar surface area (TPSA) is 125 Å². The monoisotopic (exact) mass is 410 g/mol. The number of carbonyl (C=O) groups is 3. The Hall–Kier alpha value is -3.17. The van der Waals surface area contributed by atoms with Crippen molar-refractivity contribution in [2.45, 2.75) is 24.7 Å². The van der Waals surface area contributed by atoms with Crippen LogP contribution >= 0.6 is 0 Å². The minimum absolute atomic E-state index is 0.0798. The van der Waals surface area contributed by atoms with E-state index >= 15 is 0 Å². The van der Waals surface area contributed by atoms with E-state index in [-0.39, 0.29) is 52.8 Å². The third-order valence-electron chi connectivity index (χ3n) is 6.70. The number of ether oxygens (including phenoxy) is 1. The molecule has 9 nitrogen and oxygen atoms in total. The number of piperazine rings is 1. The maximum atomic E-state index is 13.5. The SMILES string of the molecule is CC1=C(Nc2ccccc2)C(=O)C2=C(C1=O)N1C[C@H]3[C@H](N3C)[C@]1(O)[C@H]2COC(N)=O. The molecule has 5 rings (SSSR count). The van der Waals surface area contributed by atoms with Gasteiger partial charge < -0.3 is 25.8 Å². The van der Waals surface area contributed by atoms with Crippen molar-refractivity contribution >= 4 is 23.3 Å². The number of benzene rings is 1. The Balaban J connectivity index is 1.57. The van der Waals surface area contributed by atoms with Crippen molar-refractivity contribution in [3.05, 3.63) is 52.9 Å². The van der Waals surface area contributed by atoms with Gasteiger partial charge in [-0.05, 0) is 26.1 Å². The van der Waals surface area contributed by atoms with E-state index in [1.165, 1.54) is 0 Å². The molecule has 0 bridgehead atoms. The molecule has 0 spiro atoms. The van der Waals surface area contributed by atoms with Gasteiger partial charge in [0.25, 0.3) is 0 Å². The fourth-order valence-corrected chi connectivity index (χ4v) is 5.19. The van der Waals surface area contributed by atoms with E-state index in [1.807, 2.05) is 30.1 Å². The maximum absolute atomic E-state index is 13.5. The van der Waals surface area contributed by atoms with E-state index < -0.39 is 17.7 Å². The Morgan fingerprint density at radius 3 is 2.67 bits per heavy atom. The highest BCUT2D eigenvalue weighted by Gasteiger charge is 2.74. The fraction of sp³-hybridized carbons (Fsp3) is 0.381. The van der Waals surface area contributed by atoms with Gasteiger partial charge in [-0.3, -0.25) is 14.5 Å². The Morgan fingerprint density at radius 2 is 2.00 bits per heavy atom. The molecule has 4 N–H and O–H groups in total. The van der Waals surface area contributed by atoms with Crippen LogP contribution in [0, 0.1) is 5.92 Å². The zero-order chi connectivity index (χ0) is 21.4. The minimum atomic E-state index is -1.51. The summed E-state index contributed by atoms with van der Waals surface area (Å²) in [6.07, 6.45) is -0.998. The summed E-state index contributed by atoms with van der Waals surface area (Å²) in [6.45, 7) is 1.75. The molecule has 1 aliphatic carbocycles. The molecule has 2 fully saturated rings. The zero-order valence-electron chi connectivity index (χ0n) is 16.6. The van der Waals surface area contributed by atoms with Gasteiger partial charge in [0.05, 0.1) is 23.4 Å². The number of carbonyl (C=O) groups excluding carboxylic acids is 3. The normalized spacial score (nSPS) is 34.0. The van der Waals surface area contributed by atoms with Crippen LogP contribution in [0.25, 0.3) is 0 Å². The van der Waals surface area contributed by atoms with Gasteiger partial charge in [-0.1, -0.05) is 18.2 Å². The van der Waals surface area contributed by atoms with E-state index in [0.29, 0.717) is 12.2 Å². The summed E-state index contributed by atoms with van der Waals surface area (Å²) < 4.78 is 5.01. The number of Topliss-reactive ketones (excluding diaryl/α,β-unsaturated/α-hetero) is 2. The minimum Gasteiger partial charge on any atom is -0.449 e. The second-order valence-corrected chi connectivity index (χ2v) is 8.17. The number of rotatable bonds is 4. The predicted octanol–water partition coefficient (Wildman–Crippen LogP) is 0.190. The smallest absolute Gasteiger partial charge is 0.404 e. The highest BCUT2D eigenvalue weighted by atomic mass is 16.5. The number of fused-ring (bicyclic) bond motifs is 4. The van der Waals surface area contributed by atoms with Crippen LogP contribution in [0.3, 0.4) is 0 Å². The molecular formula is C21H22N4O5. The van der Waals surface area contributed by atoms with Gasteiger partial charge in [0, 0.05) is 29.4 Å². The fourth-order valence-electron chi connectivity index (χ4n) is 5.19. The van der Waals surface area contributed by atoms with E-state index in [4.69, 9.17) is 10.5 Å². The number of amides is 1. The van der Waals surface area contributed by atoms with E-state index in [0.717, 1.165) is 0 Å². The van der Waals surface area contributed by atoms with Crippen molar-refractivity contribution in [2.75, 3.05) is 25.5 Å². The van der Waals surface area contributed by atoms with Crippen molar-refractivity contribution in [3.63, 3.8) is 0 Å². The summed E-state index contributed by atoms with van der Waals surface area (Å²) in [7, 11) is 1.88. The largest absolute Gasteiger partial charge is 0.449 e. The van der Waals surface area contributed by atoms with E-state index in [1.54, 1.807) is 24.0 Å². The Morgan fingerprint density at radius 1 is 1.30 bits per heavy atom. The Kier molecular flexibility index (Phi) is 3.87. The average molecular weight is 410 g/mol. The van der Waals surface area contributed by atoms with Crippen molar-refractivity contribution in [1.82, 2.24) is 9.80 Å². The number of nitrogens with zero attached hydrogens (tertiary/aromatic N) is 2. The molecule has 2 saturated heterocycles. The average Bonchev–Trinajstić information content (AvgIpc) is 3.13. The number of anilines is 1. The van der Waals surface area contributed by atoms with Crippen molar-refractivity contribution < 1.29 is 24.2 Å². The van der Waals surface area contributed by atoms with Gasteiger partial charge in [0.1, 0.15) is 6.61 Å². The molecule has 156 valence electrons. The molecular weight excluding hydrogens is 388 g/mol. The summed E-state index contributed by atoms with van der Waals surface area (Å²) in [5.74, 6) is -1.57. The lowest BCUT2D eigenvalue weighted by Crippen LogP contribution is -2.53. The number of ketones is 2. The molecule has 30 heavy (non-hydrogen) atoms. The lowest BCUT2D eigenvalue weighted by atomic mass is 9.82. The first-order chi connectivity index (χ1) is 14.3. The van der Waals surface area contributed by atoms with Crippen LogP contribution < -0.4 is 11.1 Å². The van der Waals surface area contributed by atoms with Crippen LogP contribution in [0.1, 0.15) is 6.92 Å². The zero-order valence-corrected chi connectivity index (χ0v) is 16.6. The third kappa shape index (κ3) is 2.33. The number of para-hydroxylation sites is 1. The highest BCUT2D eigenvalue weighted by molar-refractivity contribution is 6.26. The van der Waals surface area contributed by atoms with Gasteiger partial charge in [-0.15, -0.1) is 0 Å². The van der Waals surface area contributed by atoms with Gasteiger partial charge in [0.15, 0.2) is 5.72 Å². The number of hydrogen-bond acceptors (Lipinski definition) is 8. The van der Waals surface area contributed by atoms with E-state index in [9.17, 15) is 19.5 Å². The summed E-state index contributed by atoms with van der Waals surface area (Å²) >= 11 is 0. The van der Waals surface area contributed by atoms with Crippen LogP contribution in [-0.4, -0.2) is 70.6 Å². The summed E-state index contributed by atoms with van der Waals surface area (Å²) in [5, 5.41) is 14.7. The second kappa shape index (κ2) is 6.16. The van der Waals surface area contributed by atoms with E-state index in [2.05, 4.69) is 5.32 Å². The number of nitrogens with two attached hydrogens (primary N) is 1. The number of primary amides is 1. The number of nitrogens with one attached hydrogen (secondary N) is 1. The molecule has 1 unspecified atom stereocenters. The Labute approximate surface area is 172 Å². The van der Waals surface area contributed by atoms with Crippen molar-refractivity contribution in [2.24, 2.45) is 11.7 Å². The van der Waals surface area contributed by atoms with Crippen LogP contribution in [0.5, 0.6) is 0 Å². The molecule has 5 atom stereocenters. The third-order valence-corrected chi connectivity index (χ3v) is 6.70. The molecule has 9 heteroatoms. The maximum Gasteiger partial charge on any atom is 0.404 e. The van der Waals surface area contributed by atoms with Crippen LogP contribution in [0.2, 0.25) is 0 Å². The lowest BCUT2D eigenvalue weighted by molar-refractivity contribution is -0.126. The molecule has 0 saturated carbocycles. The molecule has 4 aliphatic rings. The predicted molar refractivity (Wildman–Crippen MR) is 106 cm³/mol. The number of hydrogen-bond donors (Lipinski definition) is 3. The quantitative estimate of drug-likeness (QED) is 0.475. The molecule has 1 amide bonds. The molecule has 3 aliphatic heterocycles. The van der Waals surface area contributed by atoms with Crippen molar-refractivity contribution in [1.29, 1.82) is 0 Å². The number of likely N-dealkylation sites (N-methyl/N-ethyl adjacent to an activating group) is 1. The van der Waals surface area contributed by atoms with Crippen LogP contribution in [0.15, 0.2) is 52.9 Å². The van der Waals surface area contributed by atoms with Crippen molar-refractivity contribution in [3.8, 4) is 0 Å². The molecule has 0 radical (unpaired) electrons. The first kappa shape index (κ1) is 18.8. The summed E-state index contributed by atoms with van der Waals surface area (Å²) in [4.78, 5) is 41.8. The van der Waals surface area contributed by atoms with Gasteiger partial charge in [-0.25, -0.2) is 4.79 Å². The van der Waals surface area contributed by atoms with Gasteiger partial charge in [0.2, 0.25) is 11.6 Å². The summed E-state index contributed by atoms with van der Waals surface area (Å²) in [5.41, 5.74) is 5.14. The van der Waals surface area contributed by atoms with Crippen LogP contribution in [0.4, 0.5) is 10.5 Å². The molecule has 3 heterocycles. The number of allylic oxidation sites excluding steroid dienone is 2. The van der Waals surface area contributed by atoms with Gasteiger partial charge in [-0.2, -0.15) is 0 Å². The first-order valence-corrected chi connectivity index (χ1v) is 9.77. The standard InChI is InChI=1S/C21H22N4O5/c1-10-15(23-11-6-4-3-5-7-11)18(27)14-12(9-30-20(22)28)21(29)19-13(24(19)2)8-25(21)16(14)17(10)26/h3-7,12-13,19,23,29H,8-9H2,1-2H3,(H2,22,28)/t12-,13-,19-,21+,24?/m0/s1. The molecule has 1 aromatic carbocycles. The van der Waals surface area contributed by atoms with Crippen LogP contribution in [-0.2, 0) is 14.3 Å². The highest BCUT2D eigenvalue weighted by Crippen LogP contribution is 2.57. The number of aliphatic hydroxyl groups is 1. The lowest BCUT2D eigenvalue weighted by Gasteiger charge is -2.37. The summed E-state index contributed by atoms with van der Waals surface area (Å²) in [6, 6.07) is 8.89. The Bertz CT molecular complexity index is 1050. The molecule has 0 aromatic heterocycles.